The predicted molar refractivity (Wildman–Crippen MR) is 92.4 cm³/mol. The molecule has 2 rings (SSSR count). The molecule has 2 amide bonds. The van der Waals surface area contributed by atoms with Gasteiger partial charge in [0.25, 0.3) is 11.8 Å². The number of hydrazone groups is 1. The molecule has 0 fully saturated rings. The zero-order valence-electron chi connectivity index (χ0n) is 12.3. The van der Waals surface area contributed by atoms with Crippen molar-refractivity contribution in [2.75, 3.05) is 0 Å². The minimum absolute atomic E-state index is 0.379. The van der Waals surface area contributed by atoms with Crippen molar-refractivity contribution >= 4 is 40.0 Å². The van der Waals surface area contributed by atoms with E-state index >= 15 is 0 Å². The Labute approximate surface area is 146 Å². The second-order valence-corrected chi connectivity index (χ2v) is 5.27. The molecule has 1 heterocycles. The monoisotopic (exact) mass is 388 g/mol. The van der Waals surface area contributed by atoms with Crippen LogP contribution in [0.3, 0.4) is 0 Å². The number of nitrogens with one attached hydrogen (secondary N) is 2. The average Bonchev–Trinajstić information content (AvgIpc) is 2.61. The third-order valence-electron chi connectivity index (χ3n) is 2.84. The van der Waals surface area contributed by atoms with Crippen LogP contribution in [0.4, 0.5) is 0 Å². The summed E-state index contributed by atoms with van der Waals surface area (Å²) in [6, 6.07) is 10.2. The molecule has 0 bridgehead atoms. The number of rotatable bonds is 5. The van der Waals surface area contributed by atoms with Gasteiger partial charge in [0.15, 0.2) is 0 Å². The maximum Gasteiger partial charge on any atom is 0.271 e. The molecule has 0 unspecified atom stereocenters. The van der Waals surface area contributed by atoms with Gasteiger partial charge in [-0.2, -0.15) is 5.10 Å². The Balaban J connectivity index is 2.03. The normalized spacial score (nSPS) is 10.9. The fraction of sp³-hybridized carbons (Fsp3) is 0. The molecule has 0 aliphatic heterocycles. The first-order valence-corrected chi connectivity index (χ1v) is 7.55. The summed E-state index contributed by atoms with van der Waals surface area (Å²) < 4.78 is 0.622. The van der Waals surface area contributed by atoms with Crippen LogP contribution in [-0.2, 0) is 4.79 Å². The number of carbonyl (C=O) groups is 2. The van der Waals surface area contributed by atoms with Crippen molar-refractivity contribution in [3.63, 3.8) is 0 Å². The van der Waals surface area contributed by atoms with Gasteiger partial charge in [-0.3, -0.25) is 14.8 Å². The van der Waals surface area contributed by atoms with Crippen molar-refractivity contribution in [3.8, 4) is 0 Å². The van der Waals surface area contributed by atoms with Crippen LogP contribution >= 0.6 is 15.9 Å². The van der Waals surface area contributed by atoms with Crippen molar-refractivity contribution in [2.45, 2.75) is 0 Å². The number of hydrogen-bond acceptors (Lipinski definition) is 5. The lowest BCUT2D eigenvalue weighted by Crippen LogP contribution is -2.17. The highest BCUT2D eigenvalue weighted by Crippen LogP contribution is 2.10. The standard InChI is InChI=1S/C16H13BrN4O3/c17-15-13(5-2-8-18-15)10-19-20-16(23)12-4-1-3-11(9-12)6-7-14(22)21-24/h1-10,24H,(H,20,23)(H,21,22)/b7-6+,19-10+. The topological polar surface area (TPSA) is 104 Å². The van der Waals surface area contributed by atoms with E-state index < -0.39 is 11.8 Å². The minimum Gasteiger partial charge on any atom is -0.288 e. The molecular weight excluding hydrogens is 376 g/mol. The van der Waals surface area contributed by atoms with Crippen molar-refractivity contribution in [3.05, 3.63) is 70.0 Å². The summed E-state index contributed by atoms with van der Waals surface area (Å²) in [5.41, 5.74) is 5.64. The van der Waals surface area contributed by atoms with Crippen LogP contribution in [0.5, 0.6) is 0 Å². The van der Waals surface area contributed by atoms with Crippen LogP contribution in [-0.4, -0.2) is 28.2 Å². The Kier molecular flexibility index (Phi) is 6.35. The molecule has 7 nitrogen and oxygen atoms in total. The number of pyridine rings is 1. The van der Waals surface area contributed by atoms with E-state index in [0.29, 0.717) is 15.7 Å². The molecule has 2 aromatic rings. The molecule has 1 aromatic carbocycles. The van der Waals surface area contributed by atoms with Crippen molar-refractivity contribution in [1.82, 2.24) is 15.9 Å². The number of amides is 2. The van der Waals surface area contributed by atoms with Crippen LogP contribution < -0.4 is 10.9 Å². The zero-order chi connectivity index (χ0) is 17.4. The summed E-state index contributed by atoms with van der Waals surface area (Å²) in [5.74, 6) is -1.05. The highest BCUT2D eigenvalue weighted by molar-refractivity contribution is 9.10. The molecule has 0 saturated carbocycles. The van der Waals surface area contributed by atoms with Crippen molar-refractivity contribution < 1.29 is 14.8 Å². The average molecular weight is 389 g/mol. The van der Waals surface area contributed by atoms with Crippen molar-refractivity contribution in [1.29, 1.82) is 0 Å². The lowest BCUT2D eigenvalue weighted by molar-refractivity contribution is -0.124. The quantitative estimate of drug-likeness (QED) is 0.240. The van der Waals surface area contributed by atoms with Crippen LogP contribution in [0.1, 0.15) is 21.5 Å². The van der Waals surface area contributed by atoms with Crippen LogP contribution in [0.2, 0.25) is 0 Å². The summed E-state index contributed by atoms with van der Waals surface area (Å²) in [6.45, 7) is 0. The van der Waals surface area contributed by atoms with Gasteiger partial charge in [0, 0.05) is 23.4 Å². The molecule has 1 aromatic heterocycles. The molecule has 0 aliphatic rings. The van der Waals surface area contributed by atoms with Gasteiger partial charge in [-0.25, -0.2) is 15.9 Å². The van der Waals surface area contributed by atoms with E-state index in [1.807, 2.05) is 0 Å². The zero-order valence-corrected chi connectivity index (χ0v) is 13.9. The van der Waals surface area contributed by atoms with Gasteiger partial charge in [-0.15, -0.1) is 0 Å². The van der Waals surface area contributed by atoms with Crippen molar-refractivity contribution in [2.24, 2.45) is 5.10 Å². The van der Waals surface area contributed by atoms with E-state index in [-0.39, 0.29) is 0 Å². The first kappa shape index (κ1) is 17.5. The summed E-state index contributed by atoms with van der Waals surface area (Å²) in [4.78, 5) is 27.1. The molecule has 0 saturated heterocycles. The smallest absolute Gasteiger partial charge is 0.271 e. The second kappa shape index (κ2) is 8.70. The molecule has 0 aliphatic carbocycles. The lowest BCUT2D eigenvalue weighted by atomic mass is 10.1. The minimum atomic E-state index is -0.656. The molecular formula is C16H13BrN4O3. The molecule has 3 N–H and O–H groups in total. The predicted octanol–water partition coefficient (Wildman–Crippen LogP) is 2.13. The number of halogens is 1. The van der Waals surface area contributed by atoms with Gasteiger partial charge >= 0.3 is 0 Å². The van der Waals surface area contributed by atoms with E-state index in [0.717, 1.165) is 11.6 Å². The van der Waals surface area contributed by atoms with E-state index in [2.05, 4.69) is 31.4 Å². The Morgan fingerprint density at radius 2 is 2.08 bits per heavy atom. The van der Waals surface area contributed by atoms with Gasteiger partial charge in [0.05, 0.1) is 6.21 Å². The van der Waals surface area contributed by atoms with Gasteiger partial charge in [0.2, 0.25) is 0 Å². The highest BCUT2D eigenvalue weighted by atomic mass is 79.9. The maximum absolute atomic E-state index is 12.1. The third kappa shape index (κ3) is 5.11. The molecule has 0 radical (unpaired) electrons. The Bertz CT molecular complexity index is 805. The fourth-order valence-corrected chi connectivity index (χ4v) is 2.07. The molecule has 24 heavy (non-hydrogen) atoms. The number of nitrogens with zero attached hydrogens (tertiary/aromatic N) is 2. The Hall–Kier alpha value is -2.84. The molecule has 122 valence electrons. The SMILES string of the molecule is O=C(/C=C/c1cccc(C(=O)N/N=C/c2cccnc2Br)c1)NO. The van der Waals surface area contributed by atoms with E-state index in [1.165, 1.54) is 17.8 Å². The van der Waals surface area contributed by atoms with Gasteiger partial charge in [0.1, 0.15) is 4.60 Å². The van der Waals surface area contributed by atoms with E-state index in [9.17, 15) is 9.59 Å². The Morgan fingerprint density at radius 3 is 2.83 bits per heavy atom. The first-order valence-electron chi connectivity index (χ1n) is 6.76. The maximum atomic E-state index is 12.1. The highest BCUT2D eigenvalue weighted by Gasteiger charge is 2.04. The first-order chi connectivity index (χ1) is 11.6. The van der Waals surface area contributed by atoms with Gasteiger partial charge in [-0.05, 0) is 51.8 Å². The summed E-state index contributed by atoms with van der Waals surface area (Å²) in [5, 5.41) is 12.3. The van der Waals surface area contributed by atoms with Gasteiger partial charge in [-0.1, -0.05) is 12.1 Å². The van der Waals surface area contributed by atoms with Crippen LogP contribution in [0.25, 0.3) is 6.08 Å². The number of aromatic nitrogens is 1. The van der Waals surface area contributed by atoms with Crippen LogP contribution in [0.15, 0.2) is 58.4 Å². The van der Waals surface area contributed by atoms with Gasteiger partial charge < -0.3 is 0 Å². The van der Waals surface area contributed by atoms with E-state index in [1.54, 1.807) is 42.6 Å². The summed E-state index contributed by atoms with van der Waals surface area (Å²) >= 11 is 3.28. The largest absolute Gasteiger partial charge is 0.288 e. The third-order valence-corrected chi connectivity index (χ3v) is 3.51. The molecule has 8 heteroatoms. The van der Waals surface area contributed by atoms with Crippen LogP contribution in [0, 0.1) is 0 Å². The Morgan fingerprint density at radius 1 is 1.25 bits per heavy atom. The number of hydrogen-bond donors (Lipinski definition) is 3. The number of benzene rings is 1. The summed E-state index contributed by atoms with van der Waals surface area (Å²) in [6.07, 6.45) is 5.73. The molecule has 0 spiro atoms. The summed E-state index contributed by atoms with van der Waals surface area (Å²) in [7, 11) is 0. The van der Waals surface area contributed by atoms with E-state index in [4.69, 9.17) is 5.21 Å². The fourth-order valence-electron chi connectivity index (χ4n) is 1.71. The number of carbonyl (C=O) groups excluding carboxylic acids is 2. The molecule has 0 atom stereocenters. The lowest BCUT2D eigenvalue weighted by Gasteiger charge is -2.01. The second-order valence-electron chi connectivity index (χ2n) is 4.52. The number of hydroxylamine groups is 1.